The number of hydrogen-bond donors (Lipinski definition) is 6. The van der Waals surface area contributed by atoms with E-state index in [4.69, 9.17) is 18.9 Å². The van der Waals surface area contributed by atoms with Gasteiger partial charge in [-0.3, -0.25) is 19.6 Å². The molecular weight excluding hydrogens is 762 g/mol. The summed E-state index contributed by atoms with van der Waals surface area (Å²) in [4.78, 5) is 50.9. The van der Waals surface area contributed by atoms with Crippen LogP contribution in [0.4, 0.5) is 5.69 Å². The number of benzene rings is 1. The standard InChI is InChI=1S/C43H51N5O11/c1-3-31-27-6-10-45-30(27)19-48(31)38-39-25(14-28-33(50)13-23(2)57-40(28)38)15-36(42(58-39)9-4-5-24(17-42)26-16-37(53)46-18-26)59-56-21-35(52)43(55,41(54)34(51)20-49)22-47-12-8-29-32(47)7-11-44-29/h6-8,10-14,24,26,32,34-36,41,49,51-52,54-55H,3-5,9,15-22H2,1-2H3,(H,46,53). The van der Waals surface area contributed by atoms with Crippen LogP contribution in [0.3, 0.4) is 0 Å². The number of β-amino-alcohol motifs (C(OH)–C–C–N with tert-alkyl or cyclic N) is 1. The zero-order valence-electron chi connectivity index (χ0n) is 33.1. The van der Waals surface area contributed by atoms with Gasteiger partial charge in [-0.1, -0.05) is 6.92 Å². The minimum Gasteiger partial charge on any atom is -0.482 e. The Morgan fingerprint density at radius 3 is 2.75 bits per heavy atom. The third kappa shape index (κ3) is 6.84. The predicted molar refractivity (Wildman–Crippen MR) is 216 cm³/mol. The van der Waals surface area contributed by atoms with Crippen molar-refractivity contribution in [2.75, 3.05) is 37.7 Å². The summed E-state index contributed by atoms with van der Waals surface area (Å²) < 4.78 is 13.7. The summed E-state index contributed by atoms with van der Waals surface area (Å²) in [6.45, 7) is 3.02. The number of aliphatic imine (C=N–C) groups is 2. The predicted octanol–water partition coefficient (Wildman–Crippen LogP) is 1.84. The van der Waals surface area contributed by atoms with Gasteiger partial charge in [0, 0.05) is 60.9 Å². The molecule has 314 valence electrons. The van der Waals surface area contributed by atoms with Crippen molar-refractivity contribution >= 4 is 34.0 Å². The Labute approximate surface area is 340 Å². The molecule has 1 aromatic heterocycles. The molecule has 6 N–H and O–H groups in total. The number of allylic oxidation sites excluding steroid dienone is 2. The van der Waals surface area contributed by atoms with Crippen LogP contribution in [0.2, 0.25) is 0 Å². The number of carbonyl (C=O) groups is 1. The van der Waals surface area contributed by atoms with Gasteiger partial charge in [0.15, 0.2) is 16.8 Å². The summed E-state index contributed by atoms with van der Waals surface area (Å²) in [7, 11) is 0. The molecule has 9 rings (SSSR count). The van der Waals surface area contributed by atoms with Crippen LogP contribution in [0, 0.1) is 18.8 Å². The lowest BCUT2D eigenvalue weighted by Gasteiger charge is -2.49. The monoisotopic (exact) mass is 813 g/mol. The molecule has 9 unspecified atom stereocenters. The Morgan fingerprint density at radius 2 is 1.97 bits per heavy atom. The number of nitrogens with zero attached hydrogens (tertiary/aromatic N) is 4. The van der Waals surface area contributed by atoms with Crippen molar-refractivity contribution in [3.05, 3.63) is 81.8 Å². The molecule has 16 nitrogen and oxygen atoms in total. The summed E-state index contributed by atoms with van der Waals surface area (Å²) >= 11 is 0. The highest BCUT2D eigenvalue weighted by Crippen LogP contribution is 2.53. The van der Waals surface area contributed by atoms with E-state index < -0.39 is 48.8 Å². The lowest BCUT2D eigenvalue weighted by Crippen LogP contribution is -2.64. The van der Waals surface area contributed by atoms with Gasteiger partial charge in [0.1, 0.15) is 53.7 Å². The lowest BCUT2D eigenvalue weighted by atomic mass is 9.68. The first-order chi connectivity index (χ1) is 28.4. The lowest BCUT2D eigenvalue weighted by molar-refractivity contribution is -0.369. The second kappa shape index (κ2) is 15.4. The summed E-state index contributed by atoms with van der Waals surface area (Å²) in [5.41, 5.74) is 1.87. The first kappa shape index (κ1) is 39.8. The molecule has 7 aliphatic rings. The molecule has 0 bridgehead atoms. The number of hydrogen-bond acceptors (Lipinski definition) is 15. The van der Waals surface area contributed by atoms with Crippen LogP contribution in [0.5, 0.6) is 5.75 Å². The van der Waals surface area contributed by atoms with Gasteiger partial charge in [-0.05, 0) is 75.2 Å². The van der Waals surface area contributed by atoms with Crippen LogP contribution in [0.1, 0.15) is 56.8 Å². The molecule has 1 saturated carbocycles. The highest BCUT2D eigenvalue weighted by atomic mass is 17.2. The van der Waals surface area contributed by atoms with E-state index in [0.717, 1.165) is 35.5 Å². The van der Waals surface area contributed by atoms with E-state index in [-0.39, 0.29) is 42.2 Å². The maximum Gasteiger partial charge on any atom is 0.220 e. The first-order valence-corrected chi connectivity index (χ1v) is 20.6. The van der Waals surface area contributed by atoms with Crippen LogP contribution in [0.15, 0.2) is 79.4 Å². The summed E-state index contributed by atoms with van der Waals surface area (Å²) in [6.07, 6.45) is 8.42. The van der Waals surface area contributed by atoms with Crippen molar-refractivity contribution < 1.29 is 49.3 Å². The Kier molecular flexibility index (Phi) is 10.4. The molecule has 1 aliphatic carbocycles. The van der Waals surface area contributed by atoms with Crippen molar-refractivity contribution in [3.8, 4) is 5.75 Å². The average molecular weight is 814 g/mol. The van der Waals surface area contributed by atoms with Crippen molar-refractivity contribution in [1.82, 2.24) is 10.2 Å². The molecule has 9 atom stereocenters. The first-order valence-electron chi connectivity index (χ1n) is 20.6. The molecule has 1 amide bonds. The number of ether oxygens (including phenoxy) is 1. The summed E-state index contributed by atoms with van der Waals surface area (Å²) in [6, 6.07) is 2.91. The number of amides is 1. The maximum atomic E-state index is 13.7. The average Bonchev–Trinajstić information content (AvgIpc) is 4.07. The fourth-order valence-corrected chi connectivity index (χ4v) is 10.2. The molecule has 1 aromatic carbocycles. The molecular formula is C43H51N5O11. The smallest absolute Gasteiger partial charge is 0.220 e. The van der Waals surface area contributed by atoms with Gasteiger partial charge >= 0.3 is 0 Å². The molecule has 2 fully saturated rings. The summed E-state index contributed by atoms with van der Waals surface area (Å²) in [5.74, 6) is 1.26. The molecule has 1 saturated heterocycles. The van der Waals surface area contributed by atoms with Crippen LogP contribution in [0.25, 0.3) is 11.0 Å². The van der Waals surface area contributed by atoms with Crippen molar-refractivity contribution in [2.45, 2.75) is 100 Å². The summed E-state index contributed by atoms with van der Waals surface area (Å²) in [5, 5.41) is 58.2. The zero-order valence-corrected chi connectivity index (χ0v) is 33.1. The Morgan fingerprint density at radius 1 is 1.12 bits per heavy atom. The number of aryl methyl sites for hydroxylation is 1. The molecule has 16 heteroatoms. The SMILES string of the molecule is CCC1=C2C=CN=C2CN1c1c2c(cc3c(=O)cc(C)oc13)CC(OOCC(O)C(O)(CN1C=CC3=NC=CC31)C(O)C(O)CO)C1(CCCC(C3CNC(=O)C3)C1)O2. The number of aliphatic hydroxyl groups excluding tert-OH is 4. The number of fused-ring (bicyclic) bond motifs is 4. The number of nitrogens with one attached hydrogen (secondary N) is 1. The van der Waals surface area contributed by atoms with E-state index in [9.17, 15) is 35.1 Å². The maximum absolute atomic E-state index is 13.7. The van der Waals surface area contributed by atoms with E-state index >= 15 is 0 Å². The van der Waals surface area contributed by atoms with Gasteiger partial charge in [-0.2, -0.15) is 0 Å². The van der Waals surface area contributed by atoms with Crippen molar-refractivity contribution in [2.24, 2.45) is 21.8 Å². The topological polar surface area (TPSA) is 219 Å². The number of anilines is 1. The van der Waals surface area contributed by atoms with Gasteiger partial charge in [0.25, 0.3) is 0 Å². The van der Waals surface area contributed by atoms with E-state index in [1.807, 2.05) is 6.08 Å². The van der Waals surface area contributed by atoms with Gasteiger partial charge in [0.05, 0.1) is 42.5 Å². The fourth-order valence-electron chi connectivity index (χ4n) is 10.2. The van der Waals surface area contributed by atoms with E-state index in [1.165, 1.54) is 6.07 Å². The molecule has 59 heavy (non-hydrogen) atoms. The second-order valence-corrected chi connectivity index (χ2v) is 16.9. The second-order valence-electron chi connectivity index (χ2n) is 16.9. The van der Waals surface area contributed by atoms with Crippen molar-refractivity contribution in [1.29, 1.82) is 0 Å². The highest BCUT2D eigenvalue weighted by Gasteiger charge is 2.54. The largest absolute Gasteiger partial charge is 0.482 e. The van der Waals surface area contributed by atoms with Crippen LogP contribution in [-0.4, -0.2) is 122 Å². The Balaban J connectivity index is 1.06. The van der Waals surface area contributed by atoms with Gasteiger partial charge in [-0.25, -0.2) is 9.78 Å². The third-order valence-electron chi connectivity index (χ3n) is 13.3. The van der Waals surface area contributed by atoms with Gasteiger partial charge in [0.2, 0.25) is 5.91 Å². The van der Waals surface area contributed by atoms with E-state index in [0.29, 0.717) is 72.5 Å². The van der Waals surface area contributed by atoms with Gasteiger partial charge < -0.3 is 49.8 Å². The van der Waals surface area contributed by atoms with Crippen LogP contribution in [-0.2, 0) is 21.0 Å². The minimum absolute atomic E-state index is 0.0170. The molecule has 7 heterocycles. The minimum atomic E-state index is -2.40. The Bertz CT molecular complexity index is 2280. The molecule has 1 spiro atoms. The highest BCUT2D eigenvalue weighted by molar-refractivity contribution is 6.13. The normalized spacial score (nSPS) is 29.4. The molecule has 0 radical (unpaired) electrons. The van der Waals surface area contributed by atoms with Crippen molar-refractivity contribution in [3.63, 3.8) is 0 Å². The Hall–Kier alpha value is -4.68. The van der Waals surface area contributed by atoms with E-state index in [1.54, 1.807) is 48.6 Å². The fraction of sp³-hybridized carbons (Fsp3) is 0.535. The van der Waals surface area contributed by atoms with Gasteiger partial charge in [-0.15, -0.1) is 0 Å². The van der Waals surface area contributed by atoms with E-state index in [2.05, 4.69) is 27.1 Å². The number of rotatable bonds is 13. The molecule has 2 aromatic rings. The number of aliphatic hydroxyl groups is 5. The quantitative estimate of drug-likeness (QED) is 0.126. The van der Waals surface area contributed by atoms with Crippen LogP contribution < -0.4 is 20.4 Å². The molecule has 6 aliphatic heterocycles. The zero-order chi connectivity index (χ0) is 41.2. The third-order valence-corrected chi connectivity index (χ3v) is 13.3. The number of carbonyl (C=O) groups excluding carboxylic acids is 1. The van der Waals surface area contributed by atoms with Crippen LogP contribution >= 0.6 is 0 Å².